The normalized spacial score (nSPS) is 20.8. The molecule has 0 bridgehead atoms. The van der Waals surface area contributed by atoms with Crippen LogP contribution < -0.4 is 11.1 Å². The lowest BCUT2D eigenvalue weighted by Gasteiger charge is -2.20. The largest absolute Gasteiger partial charge is 0.381 e. The fourth-order valence-electron chi connectivity index (χ4n) is 2.76. The van der Waals surface area contributed by atoms with Gasteiger partial charge in [-0.1, -0.05) is 36.4 Å². The maximum absolute atomic E-state index is 11.7. The van der Waals surface area contributed by atoms with Gasteiger partial charge in [-0.2, -0.15) is 0 Å². The zero-order chi connectivity index (χ0) is 13.2. The van der Waals surface area contributed by atoms with Gasteiger partial charge in [-0.15, -0.1) is 0 Å². The smallest absolute Gasteiger partial charge is 0.227 e. The third-order valence-corrected chi connectivity index (χ3v) is 3.60. The number of fused-ring (bicyclic) bond motifs is 1. The molecule has 3 N–H and O–H groups in total. The molecule has 1 aliphatic carbocycles. The zero-order valence-corrected chi connectivity index (χ0v) is 10.5. The van der Waals surface area contributed by atoms with E-state index in [4.69, 9.17) is 5.73 Å². The Morgan fingerprint density at radius 2 is 2.05 bits per heavy atom. The van der Waals surface area contributed by atoms with Crippen LogP contribution in [0.3, 0.4) is 0 Å². The van der Waals surface area contributed by atoms with Gasteiger partial charge in [-0.05, 0) is 35.7 Å². The van der Waals surface area contributed by atoms with Crippen LogP contribution >= 0.6 is 0 Å². The average Bonchev–Trinajstić information content (AvgIpc) is 2.77. The summed E-state index contributed by atoms with van der Waals surface area (Å²) >= 11 is 0. The highest BCUT2D eigenvalue weighted by Crippen LogP contribution is 2.34. The fraction of sp³-hybridized carbons (Fsp3) is 0.188. The molecule has 0 fully saturated rings. The van der Waals surface area contributed by atoms with Gasteiger partial charge in [0.2, 0.25) is 5.91 Å². The highest BCUT2D eigenvalue weighted by Gasteiger charge is 2.35. The number of rotatable bonds is 3. The second-order valence-corrected chi connectivity index (χ2v) is 4.83. The van der Waals surface area contributed by atoms with Crippen LogP contribution in [0.25, 0.3) is 0 Å². The van der Waals surface area contributed by atoms with Gasteiger partial charge in [0.1, 0.15) is 0 Å². The molecule has 2 aromatic rings. The molecule has 0 spiro atoms. The van der Waals surface area contributed by atoms with Crippen molar-refractivity contribution in [2.45, 2.75) is 18.4 Å². The van der Waals surface area contributed by atoms with Gasteiger partial charge in [-0.3, -0.25) is 4.79 Å². The van der Waals surface area contributed by atoms with Crippen LogP contribution in [0.2, 0.25) is 0 Å². The molecular formula is C16H15N2O. The second kappa shape index (κ2) is 4.76. The Bertz CT molecular complexity index is 595. The van der Waals surface area contributed by atoms with E-state index in [0.717, 1.165) is 23.2 Å². The van der Waals surface area contributed by atoms with Crippen molar-refractivity contribution in [3.8, 4) is 0 Å². The van der Waals surface area contributed by atoms with Crippen LogP contribution in [-0.2, 0) is 11.2 Å². The maximum atomic E-state index is 11.7. The third-order valence-electron chi connectivity index (χ3n) is 3.60. The van der Waals surface area contributed by atoms with E-state index in [0.29, 0.717) is 0 Å². The molecule has 1 unspecified atom stereocenters. The van der Waals surface area contributed by atoms with Crippen molar-refractivity contribution in [1.82, 2.24) is 0 Å². The Morgan fingerprint density at radius 3 is 2.79 bits per heavy atom. The molecule has 0 heterocycles. The number of nitrogens with two attached hydrogens (primary N) is 1. The van der Waals surface area contributed by atoms with E-state index >= 15 is 0 Å². The Balaban J connectivity index is 1.89. The standard InChI is InChI=1S/C16H15N2O/c17-16(19)15-13-9-5-4-6-11(13)10-14(15)18-12-7-2-1-3-8-12/h1-3,5-9,14-15,18H,10H2,(H2,17,19)/t14-,15?/m0/s1. The lowest BCUT2D eigenvalue weighted by molar-refractivity contribution is -0.119. The number of carbonyl (C=O) groups excluding carboxylic acids is 1. The van der Waals surface area contributed by atoms with Gasteiger partial charge in [0, 0.05) is 11.7 Å². The minimum absolute atomic E-state index is 0.0192. The monoisotopic (exact) mass is 251 g/mol. The number of anilines is 1. The fourth-order valence-corrected chi connectivity index (χ4v) is 2.76. The summed E-state index contributed by atoms with van der Waals surface area (Å²) in [6.45, 7) is 0. The summed E-state index contributed by atoms with van der Waals surface area (Å²) in [7, 11) is 0. The minimum atomic E-state index is -0.279. The van der Waals surface area contributed by atoms with Gasteiger partial charge >= 0.3 is 0 Å². The van der Waals surface area contributed by atoms with E-state index < -0.39 is 0 Å². The first-order valence-corrected chi connectivity index (χ1v) is 6.35. The van der Waals surface area contributed by atoms with Gasteiger partial charge in [-0.25, -0.2) is 0 Å². The summed E-state index contributed by atoms with van der Waals surface area (Å²) in [6, 6.07) is 18.7. The number of carbonyl (C=O) groups is 1. The second-order valence-electron chi connectivity index (χ2n) is 4.83. The molecule has 2 aromatic carbocycles. The highest BCUT2D eigenvalue weighted by atomic mass is 16.1. The molecule has 1 aliphatic rings. The van der Waals surface area contributed by atoms with Crippen molar-refractivity contribution in [2.24, 2.45) is 5.73 Å². The molecule has 3 rings (SSSR count). The Labute approximate surface area is 112 Å². The average molecular weight is 251 g/mol. The first-order valence-electron chi connectivity index (χ1n) is 6.35. The molecule has 2 atom stereocenters. The molecule has 0 saturated carbocycles. The summed E-state index contributed by atoms with van der Waals surface area (Å²) in [5, 5.41) is 3.40. The molecule has 19 heavy (non-hydrogen) atoms. The van der Waals surface area contributed by atoms with Crippen molar-refractivity contribution in [2.75, 3.05) is 5.32 Å². The predicted octanol–water partition coefficient (Wildman–Crippen LogP) is 2.09. The van der Waals surface area contributed by atoms with Crippen molar-refractivity contribution in [3.63, 3.8) is 0 Å². The van der Waals surface area contributed by atoms with Crippen LogP contribution in [0.1, 0.15) is 17.0 Å². The quantitative estimate of drug-likeness (QED) is 0.877. The Morgan fingerprint density at radius 1 is 1.26 bits per heavy atom. The summed E-state index contributed by atoms with van der Waals surface area (Å²) in [5.41, 5.74) is 8.76. The molecule has 3 heteroatoms. The van der Waals surface area contributed by atoms with Crippen LogP contribution in [0, 0.1) is 6.07 Å². The van der Waals surface area contributed by atoms with E-state index in [-0.39, 0.29) is 17.9 Å². The maximum Gasteiger partial charge on any atom is 0.227 e. The Hall–Kier alpha value is -2.29. The van der Waals surface area contributed by atoms with Crippen molar-refractivity contribution < 1.29 is 4.79 Å². The molecule has 0 aromatic heterocycles. The number of primary amides is 1. The minimum Gasteiger partial charge on any atom is -0.381 e. The first-order chi connectivity index (χ1) is 9.25. The SMILES string of the molecule is NC(=O)C1c2cc[c]cc2C[C@@H]1Nc1ccccc1. The topological polar surface area (TPSA) is 55.1 Å². The molecule has 1 amide bonds. The highest BCUT2D eigenvalue weighted by molar-refractivity contribution is 5.85. The lowest BCUT2D eigenvalue weighted by atomic mass is 9.97. The molecular weight excluding hydrogens is 236 g/mol. The van der Waals surface area contributed by atoms with E-state index in [1.165, 1.54) is 0 Å². The van der Waals surface area contributed by atoms with Crippen molar-refractivity contribution in [3.05, 3.63) is 65.7 Å². The summed E-state index contributed by atoms with van der Waals surface area (Å²) in [5.74, 6) is -0.553. The molecule has 1 radical (unpaired) electrons. The summed E-state index contributed by atoms with van der Waals surface area (Å²) in [6.07, 6.45) is 0.801. The molecule has 95 valence electrons. The van der Waals surface area contributed by atoms with Crippen LogP contribution in [-0.4, -0.2) is 11.9 Å². The van der Waals surface area contributed by atoms with Crippen molar-refractivity contribution >= 4 is 11.6 Å². The summed E-state index contributed by atoms with van der Waals surface area (Å²) < 4.78 is 0. The number of nitrogens with one attached hydrogen (secondary N) is 1. The van der Waals surface area contributed by atoms with Gasteiger partial charge < -0.3 is 11.1 Å². The predicted molar refractivity (Wildman–Crippen MR) is 74.8 cm³/mol. The molecule has 3 nitrogen and oxygen atoms in total. The van der Waals surface area contributed by atoms with Crippen LogP contribution in [0.15, 0.2) is 48.5 Å². The van der Waals surface area contributed by atoms with Crippen LogP contribution in [0.5, 0.6) is 0 Å². The van der Waals surface area contributed by atoms with Gasteiger partial charge in [0.25, 0.3) is 0 Å². The number of hydrogen-bond donors (Lipinski definition) is 2. The summed E-state index contributed by atoms with van der Waals surface area (Å²) in [4.78, 5) is 11.7. The van der Waals surface area contributed by atoms with Crippen molar-refractivity contribution in [1.29, 1.82) is 0 Å². The zero-order valence-electron chi connectivity index (χ0n) is 10.5. The number of para-hydroxylation sites is 1. The van der Waals surface area contributed by atoms with Gasteiger partial charge in [0.05, 0.1) is 5.92 Å². The number of amides is 1. The molecule has 0 aliphatic heterocycles. The van der Waals surface area contributed by atoms with Gasteiger partial charge in [0.15, 0.2) is 0 Å². The lowest BCUT2D eigenvalue weighted by Crippen LogP contribution is -2.33. The first kappa shape index (κ1) is 11.8. The molecule has 0 saturated heterocycles. The van der Waals surface area contributed by atoms with E-state index in [1.807, 2.05) is 48.5 Å². The number of benzene rings is 2. The Kier molecular flexibility index (Phi) is 2.95. The third kappa shape index (κ3) is 2.19. The van der Waals surface area contributed by atoms with E-state index in [1.54, 1.807) is 0 Å². The van der Waals surface area contributed by atoms with E-state index in [2.05, 4.69) is 11.4 Å². The van der Waals surface area contributed by atoms with E-state index in [9.17, 15) is 4.79 Å². The number of hydrogen-bond acceptors (Lipinski definition) is 2. The van der Waals surface area contributed by atoms with Crippen LogP contribution in [0.4, 0.5) is 5.69 Å².